The van der Waals surface area contributed by atoms with E-state index in [1.165, 1.54) is 11.7 Å². The van der Waals surface area contributed by atoms with Gasteiger partial charge in [-0.1, -0.05) is 18.2 Å². The first-order chi connectivity index (χ1) is 9.54. The molecule has 1 aromatic heterocycles. The van der Waals surface area contributed by atoms with Crippen LogP contribution in [0.5, 0.6) is 11.8 Å². The quantitative estimate of drug-likeness (QED) is 0.853. The van der Waals surface area contributed by atoms with Crippen LogP contribution in [0.2, 0.25) is 0 Å². The molecule has 0 unspecified atom stereocenters. The van der Waals surface area contributed by atoms with E-state index in [1.807, 2.05) is 0 Å². The van der Waals surface area contributed by atoms with E-state index >= 15 is 0 Å². The summed E-state index contributed by atoms with van der Waals surface area (Å²) in [6.07, 6.45) is -0.876. The fourth-order valence-electron chi connectivity index (χ4n) is 1.69. The van der Waals surface area contributed by atoms with E-state index in [0.717, 1.165) is 0 Å². The van der Waals surface area contributed by atoms with Gasteiger partial charge in [0.1, 0.15) is 5.75 Å². The van der Waals surface area contributed by atoms with Crippen LogP contribution < -0.4 is 15.2 Å². The largest absolute Gasteiger partial charge is 0.467 e. The molecule has 0 atom stereocenters. The molecule has 1 heterocycles. The van der Waals surface area contributed by atoms with E-state index in [1.54, 1.807) is 44.2 Å². The van der Waals surface area contributed by atoms with Gasteiger partial charge in [0.2, 0.25) is 0 Å². The van der Waals surface area contributed by atoms with Crippen molar-refractivity contribution in [3.05, 3.63) is 40.8 Å². The van der Waals surface area contributed by atoms with Crippen LogP contribution >= 0.6 is 0 Å². The van der Waals surface area contributed by atoms with Crippen LogP contribution in [-0.2, 0) is 0 Å². The van der Waals surface area contributed by atoms with Gasteiger partial charge in [0.05, 0.1) is 7.11 Å². The Kier molecular flexibility index (Phi) is 3.88. The minimum atomic E-state index is -0.876. The minimum Gasteiger partial charge on any atom is -0.467 e. The molecule has 2 rings (SSSR count). The molecule has 1 aromatic carbocycles. The van der Waals surface area contributed by atoms with Gasteiger partial charge in [-0.3, -0.25) is 0 Å². The lowest BCUT2D eigenvalue weighted by atomic mass is 10.3. The molecule has 0 aliphatic heterocycles. The normalized spacial score (nSPS) is 10.6. The second-order valence-corrected chi connectivity index (χ2v) is 4.33. The molecule has 106 valence electrons. The summed E-state index contributed by atoms with van der Waals surface area (Å²) in [5.74, 6) is 0.336. The Morgan fingerprint density at radius 2 is 1.90 bits per heavy atom. The molecule has 0 aliphatic rings. The van der Waals surface area contributed by atoms with E-state index < -0.39 is 11.8 Å². The third-order valence-electron chi connectivity index (χ3n) is 2.60. The molecule has 0 spiro atoms. The number of nitrogens with zero attached hydrogens (tertiary/aromatic N) is 3. The average Bonchev–Trinajstić information content (AvgIpc) is 2.77. The Morgan fingerprint density at radius 1 is 1.25 bits per heavy atom. The number of rotatable bonds is 3. The van der Waals surface area contributed by atoms with Crippen molar-refractivity contribution >= 4 is 6.09 Å². The van der Waals surface area contributed by atoms with Gasteiger partial charge < -0.3 is 9.47 Å². The zero-order chi connectivity index (χ0) is 14.7. The molecule has 20 heavy (non-hydrogen) atoms. The van der Waals surface area contributed by atoms with Gasteiger partial charge in [-0.2, -0.15) is 0 Å². The van der Waals surface area contributed by atoms with Gasteiger partial charge in [0.15, 0.2) is 0 Å². The number of hydrogen-bond donors (Lipinski definition) is 0. The van der Waals surface area contributed by atoms with Crippen molar-refractivity contribution in [2.24, 2.45) is 0 Å². The van der Waals surface area contributed by atoms with Crippen molar-refractivity contribution in [1.29, 1.82) is 0 Å². The van der Waals surface area contributed by atoms with Crippen LogP contribution in [0.1, 0.15) is 19.9 Å². The predicted molar refractivity (Wildman–Crippen MR) is 71.3 cm³/mol. The third-order valence-corrected chi connectivity index (χ3v) is 2.60. The topological polar surface area (TPSA) is 75.4 Å². The Bertz CT molecular complexity index is 658. The Labute approximate surface area is 115 Å². The van der Waals surface area contributed by atoms with Gasteiger partial charge in [-0.25, -0.2) is 14.2 Å². The fourth-order valence-corrected chi connectivity index (χ4v) is 1.69. The number of para-hydroxylation sites is 1. The number of carbonyl (C=O) groups excluding carboxylic acids is 1. The van der Waals surface area contributed by atoms with Crippen molar-refractivity contribution in [2.45, 2.75) is 19.9 Å². The van der Waals surface area contributed by atoms with E-state index in [2.05, 4.69) is 5.10 Å². The van der Waals surface area contributed by atoms with Crippen LogP contribution in [0.4, 0.5) is 4.79 Å². The van der Waals surface area contributed by atoms with Crippen LogP contribution in [0.25, 0.3) is 0 Å². The molecule has 0 saturated carbocycles. The molecule has 0 N–H and O–H groups in total. The fraction of sp³-hybridized carbons (Fsp3) is 0.308. The molecule has 7 heteroatoms. The number of carbonyl (C=O) groups is 1. The van der Waals surface area contributed by atoms with Crippen molar-refractivity contribution in [1.82, 2.24) is 14.3 Å². The number of hydrogen-bond acceptors (Lipinski definition) is 5. The van der Waals surface area contributed by atoms with E-state index in [4.69, 9.17) is 9.47 Å². The monoisotopic (exact) mass is 277 g/mol. The minimum absolute atomic E-state index is 0.0648. The number of aromatic nitrogens is 3. The Balaban J connectivity index is 2.34. The lowest BCUT2D eigenvalue weighted by molar-refractivity contribution is 0.197. The van der Waals surface area contributed by atoms with Crippen molar-refractivity contribution in [3.63, 3.8) is 0 Å². The number of benzene rings is 1. The average molecular weight is 277 g/mol. The first-order valence-electron chi connectivity index (χ1n) is 6.07. The van der Waals surface area contributed by atoms with Gasteiger partial charge in [0, 0.05) is 6.04 Å². The van der Waals surface area contributed by atoms with Crippen molar-refractivity contribution < 1.29 is 14.3 Å². The molecule has 0 aliphatic carbocycles. The summed E-state index contributed by atoms with van der Waals surface area (Å²) in [4.78, 5) is 24.1. The van der Waals surface area contributed by atoms with E-state index in [0.29, 0.717) is 10.4 Å². The summed E-state index contributed by atoms with van der Waals surface area (Å²) >= 11 is 0. The Morgan fingerprint density at radius 3 is 2.40 bits per heavy atom. The summed E-state index contributed by atoms with van der Waals surface area (Å²) in [6.45, 7) is 3.58. The predicted octanol–water partition coefficient (Wildman–Crippen LogP) is 1.68. The zero-order valence-corrected chi connectivity index (χ0v) is 11.4. The Hall–Kier alpha value is -2.57. The maximum absolute atomic E-state index is 12.1. The van der Waals surface area contributed by atoms with E-state index in [9.17, 15) is 9.59 Å². The van der Waals surface area contributed by atoms with Gasteiger partial charge >= 0.3 is 17.8 Å². The van der Waals surface area contributed by atoms with Crippen LogP contribution in [-0.4, -0.2) is 27.6 Å². The standard InChI is InChI=1S/C13H15N3O4/c1-9(2)15-11(19-3)14-16(12(15)17)13(18)20-10-7-5-4-6-8-10/h4-9H,1-3H3. The van der Waals surface area contributed by atoms with Crippen molar-refractivity contribution in [3.8, 4) is 11.8 Å². The van der Waals surface area contributed by atoms with Gasteiger partial charge in [-0.15, -0.1) is 9.78 Å². The zero-order valence-electron chi connectivity index (χ0n) is 11.4. The molecule has 0 saturated heterocycles. The van der Waals surface area contributed by atoms with Crippen molar-refractivity contribution in [2.75, 3.05) is 7.11 Å². The summed E-state index contributed by atoms with van der Waals surface area (Å²) < 4.78 is 12.0. The highest BCUT2D eigenvalue weighted by molar-refractivity contribution is 5.71. The van der Waals surface area contributed by atoms with Crippen LogP contribution in [0, 0.1) is 0 Å². The second-order valence-electron chi connectivity index (χ2n) is 4.33. The summed E-state index contributed by atoms with van der Waals surface area (Å²) in [6, 6.07) is 8.34. The number of methoxy groups -OCH3 is 1. The smallest absolute Gasteiger partial charge is 0.444 e. The molecule has 0 bridgehead atoms. The highest BCUT2D eigenvalue weighted by Crippen LogP contribution is 2.12. The maximum atomic E-state index is 12.1. The first-order valence-corrected chi connectivity index (χ1v) is 6.07. The maximum Gasteiger partial charge on any atom is 0.444 e. The first kappa shape index (κ1) is 13.9. The highest BCUT2D eigenvalue weighted by atomic mass is 16.6. The lowest BCUT2D eigenvalue weighted by Gasteiger charge is -2.06. The van der Waals surface area contributed by atoms with Gasteiger partial charge in [-0.05, 0) is 26.0 Å². The lowest BCUT2D eigenvalue weighted by Crippen LogP contribution is -2.32. The third kappa shape index (κ3) is 2.56. The summed E-state index contributed by atoms with van der Waals surface area (Å²) in [7, 11) is 1.38. The van der Waals surface area contributed by atoms with Crippen LogP contribution in [0.3, 0.4) is 0 Å². The molecule has 7 nitrogen and oxygen atoms in total. The molecule has 0 fully saturated rings. The second kappa shape index (κ2) is 5.60. The highest BCUT2D eigenvalue weighted by Gasteiger charge is 2.21. The molecule has 2 aromatic rings. The molecule has 0 amide bonds. The summed E-state index contributed by atoms with van der Waals surface area (Å²) in [5.41, 5.74) is -0.599. The summed E-state index contributed by atoms with van der Waals surface area (Å²) in [5, 5.41) is 3.82. The van der Waals surface area contributed by atoms with E-state index in [-0.39, 0.29) is 12.1 Å². The SMILES string of the molecule is COc1nn(C(=O)Oc2ccccc2)c(=O)n1C(C)C. The molecular weight excluding hydrogens is 262 g/mol. The number of ether oxygens (including phenoxy) is 2. The molecule has 0 radical (unpaired) electrons. The molecular formula is C13H15N3O4. The van der Waals surface area contributed by atoms with Crippen LogP contribution in [0.15, 0.2) is 35.1 Å². The van der Waals surface area contributed by atoms with Gasteiger partial charge in [0.25, 0.3) is 0 Å².